The van der Waals surface area contributed by atoms with Crippen LogP contribution in [0.1, 0.15) is 24.8 Å². The molecule has 0 aromatic heterocycles. The van der Waals surface area contributed by atoms with E-state index in [0.29, 0.717) is 0 Å². The molecule has 0 bridgehead atoms. The number of sulfonamides is 1. The average Bonchev–Trinajstić information content (AvgIpc) is 2.36. The molecule has 1 aromatic rings. The number of hydrogen-bond donors (Lipinski definition) is 2. The highest BCUT2D eigenvalue weighted by Gasteiger charge is 2.22. The van der Waals surface area contributed by atoms with Gasteiger partial charge in [0.25, 0.3) is 0 Å². The summed E-state index contributed by atoms with van der Waals surface area (Å²) in [6, 6.07) is 1.71. The first-order chi connectivity index (χ1) is 9.37. The Bertz CT molecular complexity index is 584. The van der Waals surface area contributed by atoms with Crippen LogP contribution in [0.15, 0.2) is 12.1 Å². The van der Waals surface area contributed by atoms with E-state index < -0.39 is 21.7 Å². The van der Waals surface area contributed by atoms with Gasteiger partial charge in [-0.1, -0.05) is 6.42 Å². The number of rotatable bonds is 4. The Labute approximate surface area is 117 Å². The zero-order valence-corrected chi connectivity index (χ0v) is 12.1. The second kappa shape index (κ2) is 6.05. The van der Waals surface area contributed by atoms with E-state index in [4.69, 9.17) is 0 Å². The molecule has 4 nitrogen and oxygen atoms in total. The molecule has 0 saturated carbocycles. The summed E-state index contributed by atoms with van der Waals surface area (Å²) in [4.78, 5) is 0. The molecule has 1 aromatic carbocycles. The van der Waals surface area contributed by atoms with Crippen molar-refractivity contribution in [3.05, 3.63) is 29.3 Å². The molecule has 0 aliphatic carbocycles. The maximum absolute atomic E-state index is 13.6. The van der Waals surface area contributed by atoms with E-state index in [9.17, 15) is 17.2 Å². The van der Waals surface area contributed by atoms with Gasteiger partial charge in [0.05, 0.1) is 11.4 Å². The standard InChI is InChI=1S/C13H18F2N2O2S/c1-9-6-12(15)13(7-11(9)14)17-20(18,19)8-10-4-2-3-5-16-10/h6-7,10,16-17H,2-5,8H2,1H3. The van der Waals surface area contributed by atoms with Crippen molar-refractivity contribution in [2.24, 2.45) is 0 Å². The smallest absolute Gasteiger partial charge is 0.234 e. The summed E-state index contributed by atoms with van der Waals surface area (Å²) in [5, 5.41) is 3.11. The lowest BCUT2D eigenvalue weighted by Gasteiger charge is -2.23. The number of piperidine rings is 1. The SMILES string of the molecule is Cc1cc(F)c(NS(=O)(=O)CC2CCCCN2)cc1F. The molecule has 0 amide bonds. The largest absolute Gasteiger partial charge is 0.313 e. The first-order valence-corrected chi connectivity index (χ1v) is 8.22. The predicted molar refractivity (Wildman–Crippen MR) is 74.1 cm³/mol. The summed E-state index contributed by atoms with van der Waals surface area (Å²) < 4.78 is 53.1. The molecule has 7 heteroatoms. The summed E-state index contributed by atoms with van der Waals surface area (Å²) in [5.74, 6) is -1.55. The van der Waals surface area contributed by atoms with Crippen molar-refractivity contribution < 1.29 is 17.2 Å². The Morgan fingerprint density at radius 3 is 2.70 bits per heavy atom. The van der Waals surface area contributed by atoms with Crippen molar-refractivity contribution >= 4 is 15.7 Å². The molecule has 112 valence electrons. The van der Waals surface area contributed by atoms with Gasteiger partial charge < -0.3 is 5.32 Å². The van der Waals surface area contributed by atoms with Gasteiger partial charge in [0.15, 0.2) is 0 Å². The fourth-order valence-electron chi connectivity index (χ4n) is 2.26. The molecule has 1 unspecified atom stereocenters. The van der Waals surface area contributed by atoms with Crippen LogP contribution in [0, 0.1) is 18.6 Å². The van der Waals surface area contributed by atoms with Crippen molar-refractivity contribution in [2.45, 2.75) is 32.2 Å². The van der Waals surface area contributed by atoms with Gasteiger partial charge in [-0.2, -0.15) is 0 Å². The minimum atomic E-state index is -3.71. The lowest BCUT2D eigenvalue weighted by molar-refractivity contribution is 0.424. The highest BCUT2D eigenvalue weighted by Crippen LogP contribution is 2.20. The van der Waals surface area contributed by atoms with Gasteiger partial charge in [-0.05, 0) is 37.9 Å². The van der Waals surface area contributed by atoms with E-state index >= 15 is 0 Å². The Hall–Kier alpha value is -1.21. The van der Waals surface area contributed by atoms with Crippen LogP contribution < -0.4 is 10.0 Å². The second-order valence-electron chi connectivity index (χ2n) is 5.11. The Morgan fingerprint density at radius 1 is 1.30 bits per heavy atom. The van der Waals surface area contributed by atoms with Crippen LogP contribution in [0.3, 0.4) is 0 Å². The number of hydrogen-bond acceptors (Lipinski definition) is 3. The van der Waals surface area contributed by atoms with Crippen LogP contribution in [0.2, 0.25) is 0 Å². The van der Waals surface area contributed by atoms with Crippen molar-refractivity contribution in [3.63, 3.8) is 0 Å². The summed E-state index contributed by atoms with van der Waals surface area (Å²) in [7, 11) is -3.71. The van der Waals surface area contributed by atoms with E-state index in [1.165, 1.54) is 6.92 Å². The molecule has 20 heavy (non-hydrogen) atoms. The molecular weight excluding hydrogens is 286 g/mol. The molecule has 1 aliphatic rings. The molecule has 0 radical (unpaired) electrons. The molecule has 1 fully saturated rings. The first-order valence-electron chi connectivity index (χ1n) is 6.57. The third-order valence-electron chi connectivity index (χ3n) is 3.35. The van der Waals surface area contributed by atoms with Crippen LogP contribution in [0.5, 0.6) is 0 Å². The van der Waals surface area contributed by atoms with Gasteiger partial charge in [0.1, 0.15) is 11.6 Å². The van der Waals surface area contributed by atoms with Gasteiger partial charge >= 0.3 is 0 Å². The van der Waals surface area contributed by atoms with E-state index in [2.05, 4.69) is 10.0 Å². The molecule has 0 spiro atoms. The van der Waals surface area contributed by atoms with Crippen LogP contribution in [-0.2, 0) is 10.0 Å². The highest BCUT2D eigenvalue weighted by atomic mass is 32.2. The quantitative estimate of drug-likeness (QED) is 0.896. The molecule has 1 saturated heterocycles. The van der Waals surface area contributed by atoms with Crippen molar-refractivity contribution in [3.8, 4) is 0 Å². The summed E-state index contributed by atoms with van der Waals surface area (Å²) in [6.45, 7) is 2.20. The van der Waals surface area contributed by atoms with E-state index in [-0.39, 0.29) is 23.0 Å². The summed E-state index contributed by atoms with van der Waals surface area (Å²) >= 11 is 0. The third kappa shape index (κ3) is 3.89. The maximum Gasteiger partial charge on any atom is 0.234 e. The predicted octanol–water partition coefficient (Wildman–Crippen LogP) is 2.16. The summed E-state index contributed by atoms with van der Waals surface area (Å²) in [5.41, 5.74) is -0.205. The lowest BCUT2D eigenvalue weighted by Crippen LogP contribution is -2.40. The van der Waals surface area contributed by atoms with E-state index in [1.54, 1.807) is 0 Å². The lowest BCUT2D eigenvalue weighted by atomic mass is 10.1. The van der Waals surface area contributed by atoms with Crippen LogP contribution in [0.25, 0.3) is 0 Å². The number of halogens is 2. The Balaban J connectivity index is 2.09. The van der Waals surface area contributed by atoms with E-state index in [1.807, 2.05) is 0 Å². The molecule has 1 aliphatic heterocycles. The second-order valence-corrected chi connectivity index (χ2v) is 6.88. The van der Waals surface area contributed by atoms with Crippen LogP contribution >= 0.6 is 0 Å². The fourth-order valence-corrected chi connectivity index (χ4v) is 3.65. The minimum absolute atomic E-state index is 0.137. The number of anilines is 1. The summed E-state index contributed by atoms with van der Waals surface area (Å²) in [6.07, 6.45) is 2.77. The molecule has 1 heterocycles. The van der Waals surface area contributed by atoms with Crippen molar-refractivity contribution in [2.75, 3.05) is 17.0 Å². The normalized spacial score (nSPS) is 19.9. The third-order valence-corrected chi connectivity index (χ3v) is 4.72. The fraction of sp³-hybridized carbons (Fsp3) is 0.538. The molecular formula is C13H18F2N2O2S. The Kier molecular flexibility index (Phi) is 4.59. The van der Waals surface area contributed by atoms with Crippen LogP contribution in [-0.4, -0.2) is 26.8 Å². The minimum Gasteiger partial charge on any atom is -0.313 e. The molecule has 1 atom stereocenters. The zero-order chi connectivity index (χ0) is 14.8. The molecule has 2 rings (SSSR count). The van der Waals surface area contributed by atoms with Gasteiger partial charge in [-0.3, -0.25) is 4.72 Å². The van der Waals surface area contributed by atoms with Gasteiger partial charge in [0.2, 0.25) is 10.0 Å². The van der Waals surface area contributed by atoms with E-state index in [0.717, 1.165) is 37.9 Å². The van der Waals surface area contributed by atoms with Gasteiger partial charge in [0, 0.05) is 12.1 Å². The topological polar surface area (TPSA) is 58.2 Å². The van der Waals surface area contributed by atoms with Crippen LogP contribution in [0.4, 0.5) is 14.5 Å². The zero-order valence-electron chi connectivity index (χ0n) is 11.2. The highest BCUT2D eigenvalue weighted by molar-refractivity contribution is 7.92. The Morgan fingerprint density at radius 2 is 2.05 bits per heavy atom. The maximum atomic E-state index is 13.6. The monoisotopic (exact) mass is 304 g/mol. The number of nitrogens with one attached hydrogen (secondary N) is 2. The molecule has 2 N–H and O–H groups in total. The van der Waals surface area contributed by atoms with Crippen molar-refractivity contribution in [1.82, 2.24) is 5.32 Å². The first kappa shape index (κ1) is 15.2. The number of benzene rings is 1. The van der Waals surface area contributed by atoms with Gasteiger partial charge in [-0.15, -0.1) is 0 Å². The van der Waals surface area contributed by atoms with Gasteiger partial charge in [-0.25, -0.2) is 17.2 Å². The number of aryl methyl sites for hydroxylation is 1. The average molecular weight is 304 g/mol. The van der Waals surface area contributed by atoms with Crippen molar-refractivity contribution in [1.29, 1.82) is 0 Å².